The van der Waals surface area contributed by atoms with Crippen LogP contribution in [0.15, 0.2) is 80.4 Å². The number of carbonyl (C=O) groups is 1. The second-order valence-corrected chi connectivity index (χ2v) is 8.56. The minimum absolute atomic E-state index is 0.114. The highest BCUT2D eigenvalue weighted by atomic mass is 79.9. The van der Waals surface area contributed by atoms with Crippen LogP contribution in [0.4, 0.5) is 5.69 Å². The number of hydrogen-bond acceptors (Lipinski definition) is 3. The molecule has 0 radical (unpaired) electrons. The molecule has 0 spiro atoms. The molecule has 0 N–H and O–H groups in total. The van der Waals surface area contributed by atoms with Gasteiger partial charge in [-0.2, -0.15) is 0 Å². The summed E-state index contributed by atoms with van der Waals surface area (Å²) in [6.07, 6.45) is 0. The van der Waals surface area contributed by atoms with Crippen molar-refractivity contribution in [3.63, 3.8) is 0 Å². The van der Waals surface area contributed by atoms with E-state index in [9.17, 15) is 9.59 Å². The smallest absolute Gasteiger partial charge is 0.295 e. The van der Waals surface area contributed by atoms with E-state index in [2.05, 4.69) is 15.9 Å². The first-order chi connectivity index (χ1) is 14.4. The molecule has 0 fully saturated rings. The van der Waals surface area contributed by atoms with E-state index in [1.807, 2.05) is 74.5 Å². The van der Waals surface area contributed by atoms with E-state index in [1.54, 1.807) is 11.0 Å². The van der Waals surface area contributed by atoms with Crippen molar-refractivity contribution >= 4 is 38.5 Å². The Hall–Kier alpha value is -3.18. The molecule has 1 aliphatic heterocycles. The maximum atomic E-state index is 13.6. The summed E-state index contributed by atoms with van der Waals surface area (Å²) in [5.74, 6) is -0.192. The number of hydrogen-bond donors (Lipinski definition) is 0. The molecule has 4 nitrogen and oxygen atoms in total. The Kier molecular flexibility index (Phi) is 4.36. The fourth-order valence-electron chi connectivity index (χ4n) is 4.12. The number of aryl methyl sites for hydroxylation is 2. The summed E-state index contributed by atoms with van der Waals surface area (Å²) in [5, 5.41) is 0.493. The standard InChI is InChI=1S/C25H18BrNO3/c1-14-5-3-8-18(11-14)27-22(16-6-4-7-17(26)13-16)21-23(28)19-12-15(2)9-10-20(19)30-24(21)25(27)29/h3-13,22H,1-2H3. The fraction of sp³-hybridized carbons (Fsp3) is 0.120. The molecule has 1 aliphatic rings. The van der Waals surface area contributed by atoms with Gasteiger partial charge in [-0.05, 0) is 61.4 Å². The average molecular weight is 460 g/mol. The van der Waals surface area contributed by atoms with Gasteiger partial charge < -0.3 is 4.42 Å². The SMILES string of the molecule is Cc1cccc(N2C(=O)c3oc4ccc(C)cc4c(=O)c3C2c2cccc(Br)c2)c1. The number of carbonyl (C=O) groups excluding carboxylic acids is 1. The van der Waals surface area contributed by atoms with E-state index in [1.165, 1.54) is 0 Å². The molecular weight excluding hydrogens is 442 g/mol. The summed E-state index contributed by atoms with van der Waals surface area (Å²) >= 11 is 3.51. The lowest BCUT2D eigenvalue weighted by Crippen LogP contribution is -2.29. The summed E-state index contributed by atoms with van der Waals surface area (Å²) in [6, 6.07) is 20.3. The van der Waals surface area contributed by atoms with Crippen LogP contribution in [0.5, 0.6) is 0 Å². The Morgan fingerprint density at radius 2 is 1.67 bits per heavy atom. The van der Waals surface area contributed by atoms with E-state index in [4.69, 9.17) is 4.42 Å². The van der Waals surface area contributed by atoms with Gasteiger partial charge in [0.25, 0.3) is 5.91 Å². The molecule has 5 rings (SSSR count). The van der Waals surface area contributed by atoms with Crippen molar-refractivity contribution in [2.45, 2.75) is 19.9 Å². The van der Waals surface area contributed by atoms with Crippen LogP contribution in [0.2, 0.25) is 0 Å². The van der Waals surface area contributed by atoms with Crippen LogP contribution in [0.25, 0.3) is 11.0 Å². The fourth-order valence-corrected chi connectivity index (χ4v) is 4.54. The van der Waals surface area contributed by atoms with Gasteiger partial charge in [0.15, 0.2) is 5.43 Å². The van der Waals surface area contributed by atoms with Crippen molar-refractivity contribution in [3.05, 3.63) is 109 Å². The number of amides is 1. The molecule has 0 bridgehead atoms. The van der Waals surface area contributed by atoms with E-state index in [0.29, 0.717) is 16.5 Å². The maximum Gasteiger partial charge on any atom is 0.295 e. The number of halogens is 1. The van der Waals surface area contributed by atoms with Gasteiger partial charge in [0, 0.05) is 10.2 Å². The summed E-state index contributed by atoms with van der Waals surface area (Å²) in [5.41, 5.74) is 4.23. The summed E-state index contributed by atoms with van der Waals surface area (Å²) < 4.78 is 6.89. The molecule has 1 aromatic heterocycles. The van der Waals surface area contributed by atoms with Gasteiger partial charge in [-0.25, -0.2) is 0 Å². The Labute approximate surface area is 181 Å². The molecule has 0 saturated carbocycles. The van der Waals surface area contributed by atoms with Gasteiger partial charge in [-0.15, -0.1) is 0 Å². The largest absolute Gasteiger partial charge is 0.450 e. The average Bonchev–Trinajstić information content (AvgIpc) is 3.01. The first kappa shape index (κ1) is 18.8. The Morgan fingerprint density at radius 1 is 0.900 bits per heavy atom. The van der Waals surface area contributed by atoms with Gasteiger partial charge in [-0.1, -0.05) is 51.8 Å². The van der Waals surface area contributed by atoms with Gasteiger partial charge in [0.2, 0.25) is 5.76 Å². The number of rotatable bonds is 2. The number of benzene rings is 3. The number of fused-ring (bicyclic) bond motifs is 2. The van der Waals surface area contributed by atoms with Crippen LogP contribution in [0, 0.1) is 13.8 Å². The molecule has 0 saturated heterocycles. The molecule has 30 heavy (non-hydrogen) atoms. The van der Waals surface area contributed by atoms with Crippen LogP contribution < -0.4 is 10.3 Å². The predicted molar refractivity (Wildman–Crippen MR) is 121 cm³/mol. The zero-order valence-corrected chi connectivity index (χ0v) is 18.1. The lowest BCUT2D eigenvalue weighted by Gasteiger charge is -2.25. The Morgan fingerprint density at radius 3 is 2.43 bits per heavy atom. The van der Waals surface area contributed by atoms with Gasteiger partial charge in [0.1, 0.15) is 5.58 Å². The molecule has 1 atom stereocenters. The van der Waals surface area contributed by atoms with Crippen LogP contribution in [-0.2, 0) is 0 Å². The normalized spacial score (nSPS) is 15.6. The third-order valence-electron chi connectivity index (χ3n) is 5.47. The molecule has 3 aromatic carbocycles. The highest BCUT2D eigenvalue weighted by Gasteiger charge is 2.43. The second kappa shape index (κ2) is 6.96. The van der Waals surface area contributed by atoms with E-state index in [-0.39, 0.29) is 17.1 Å². The number of anilines is 1. The maximum absolute atomic E-state index is 13.6. The van der Waals surface area contributed by atoms with Crippen molar-refractivity contribution in [1.82, 2.24) is 0 Å². The van der Waals surface area contributed by atoms with Crippen molar-refractivity contribution in [3.8, 4) is 0 Å². The van der Waals surface area contributed by atoms with Gasteiger partial charge >= 0.3 is 0 Å². The molecular formula is C25H18BrNO3. The van der Waals surface area contributed by atoms with Crippen LogP contribution in [0.1, 0.15) is 38.9 Å². The topological polar surface area (TPSA) is 50.5 Å². The molecule has 1 amide bonds. The first-order valence-electron chi connectivity index (χ1n) is 9.67. The summed E-state index contributed by atoms with van der Waals surface area (Å²) in [4.78, 5) is 28.8. The van der Waals surface area contributed by atoms with Crippen molar-refractivity contribution in [1.29, 1.82) is 0 Å². The minimum Gasteiger partial charge on any atom is -0.450 e. The lowest BCUT2D eigenvalue weighted by molar-refractivity contribution is 0.0971. The van der Waals surface area contributed by atoms with Crippen molar-refractivity contribution < 1.29 is 9.21 Å². The highest BCUT2D eigenvalue weighted by molar-refractivity contribution is 9.10. The summed E-state index contributed by atoms with van der Waals surface area (Å²) in [6.45, 7) is 3.91. The van der Waals surface area contributed by atoms with E-state index < -0.39 is 6.04 Å². The third kappa shape index (κ3) is 2.89. The van der Waals surface area contributed by atoms with Crippen LogP contribution in [-0.4, -0.2) is 5.91 Å². The van der Waals surface area contributed by atoms with Crippen molar-refractivity contribution in [2.75, 3.05) is 4.90 Å². The quantitative estimate of drug-likeness (QED) is 0.373. The first-order valence-corrected chi connectivity index (χ1v) is 10.5. The van der Waals surface area contributed by atoms with Gasteiger partial charge in [-0.3, -0.25) is 14.5 Å². The summed E-state index contributed by atoms with van der Waals surface area (Å²) in [7, 11) is 0. The second-order valence-electron chi connectivity index (χ2n) is 7.65. The molecule has 0 aliphatic carbocycles. The predicted octanol–water partition coefficient (Wildman–Crippen LogP) is 5.92. The third-order valence-corrected chi connectivity index (χ3v) is 5.96. The van der Waals surface area contributed by atoms with Crippen LogP contribution >= 0.6 is 15.9 Å². The van der Waals surface area contributed by atoms with Gasteiger partial charge in [0.05, 0.1) is 17.0 Å². The molecule has 148 valence electrons. The molecule has 2 heterocycles. The van der Waals surface area contributed by atoms with E-state index >= 15 is 0 Å². The van der Waals surface area contributed by atoms with Crippen LogP contribution in [0.3, 0.4) is 0 Å². The number of nitrogens with zero attached hydrogens (tertiary/aromatic N) is 1. The Balaban J connectivity index is 1.84. The highest BCUT2D eigenvalue weighted by Crippen LogP contribution is 2.41. The zero-order valence-electron chi connectivity index (χ0n) is 16.5. The zero-order chi connectivity index (χ0) is 21.0. The monoisotopic (exact) mass is 459 g/mol. The van der Waals surface area contributed by atoms with E-state index in [0.717, 1.165) is 26.9 Å². The lowest BCUT2D eigenvalue weighted by atomic mass is 9.98. The Bertz CT molecular complexity index is 1390. The molecule has 1 unspecified atom stereocenters. The minimum atomic E-state index is -0.562. The molecule has 4 aromatic rings. The van der Waals surface area contributed by atoms with Crippen molar-refractivity contribution in [2.24, 2.45) is 0 Å². The molecule has 5 heteroatoms.